The van der Waals surface area contributed by atoms with Crippen molar-refractivity contribution in [2.24, 2.45) is 0 Å². The minimum Gasteiger partial charge on any atom is -0.462 e. The number of hydrogen-bond acceptors (Lipinski definition) is 4. The molecule has 0 saturated carbocycles. The Hall–Kier alpha value is -1.88. The number of ether oxygens (including phenoxy) is 1. The Morgan fingerprint density at radius 1 is 1.45 bits per heavy atom. The molecule has 2 aromatic rings. The molecule has 4 nitrogen and oxygen atoms in total. The van der Waals surface area contributed by atoms with Gasteiger partial charge in [-0.1, -0.05) is 11.6 Å². The number of nitrogens with zero attached hydrogens (tertiary/aromatic N) is 1. The number of fused-ring (bicyclic) bond motifs is 1. The molecule has 0 aliphatic carbocycles. The van der Waals surface area contributed by atoms with Crippen LogP contribution in [-0.2, 0) is 4.74 Å². The Bertz CT molecular complexity index is 661. The SMILES string of the molecule is CCNc1c(C(=O)OCC)cnc2c(F)c(Cl)ccc12. The summed E-state index contributed by atoms with van der Waals surface area (Å²) < 4.78 is 18.9. The molecule has 0 amide bonds. The fourth-order valence-electron chi connectivity index (χ4n) is 1.94. The Labute approximate surface area is 120 Å². The fraction of sp³-hybridized carbons (Fsp3) is 0.286. The van der Waals surface area contributed by atoms with E-state index in [-0.39, 0.29) is 22.7 Å². The normalized spacial score (nSPS) is 10.6. The molecule has 0 aliphatic rings. The van der Waals surface area contributed by atoms with Gasteiger partial charge in [-0.15, -0.1) is 0 Å². The highest BCUT2D eigenvalue weighted by molar-refractivity contribution is 6.31. The average molecular weight is 297 g/mol. The summed E-state index contributed by atoms with van der Waals surface area (Å²) in [5.74, 6) is -1.09. The summed E-state index contributed by atoms with van der Waals surface area (Å²) in [5.41, 5.74) is 0.913. The molecule has 1 N–H and O–H groups in total. The van der Waals surface area contributed by atoms with Crippen molar-refractivity contribution in [3.05, 3.63) is 34.7 Å². The quantitative estimate of drug-likeness (QED) is 0.875. The average Bonchev–Trinajstić information content (AvgIpc) is 2.43. The van der Waals surface area contributed by atoms with E-state index >= 15 is 0 Å². The second kappa shape index (κ2) is 6.05. The van der Waals surface area contributed by atoms with Gasteiger partial charge < -0.3 is 10.1 Å². The van der Waals surface area contributed by atoms with Crippen LogP contribution < -0.4 is 5.32 Å². The van der Waals surface area contributed by atoms with Crippen molar-refractivity contribution < 1.29 is 13.9 Å². The zero-order chi connectivity index (χ0) is 14.7. The Kier molecular flexibility index (Phi) is 4.39. The number of anilines is 1. The van der Waals surface area contributed by atoms with E-state index in [1.165, 1.54) is 12.3 Å². The summed E-state index contributed by atoms with van der Waals surface area (Å²) in [4.78, 5) is 15.9. The third kappa shape index (κ3) is 2.54. The number of benzene rings is 1. The van der Waals surface area contributed by atoms with Gasteiger partial charge in [-0.2, -0.15) is 0 Å². The van der Waals surface area contributed by atoms with E-state index in [9.17, 15) is 9.18 Å². The number of esters is 1. The first-order valence-electron chi connectivity index (χ1n) is 6.27. The summed E-state index contributed by atoms with van der Waals surface area (Å²) in [6, 6.07) is 3.07. The van der Waals surface area contributed by atoms with Crippen molar-refractivity contribution in [1.82, 2.24) is 4.98 Å². The largest absolute Gasteiger partial charge is 0.462 e. The van der Waals surface area contributed by atoms with Gasteiger partial charge in [0, 0.05) is 18.1 Å². The van der Waals surface area contributed by atoms with Crippen molar-refractivity contribution in [2.45, 2.75) is 13.8 Å². The molecule has 2 rings (SSSR count). The van der Waals surface area contributed by atoms with Crippen LogP contribution in [0.15, 0.2) is 18.3 Å². The lowest BCUT2D eigenvalue weighted by atomic mass is 10.1. The smallest absolute Gasteiger partial charge is 0.341 e. The van der Waals surface area contributed by atoms with Crippen molar-refractivity contribution >= 4 is 34.2 Å². The fourth-order valence-corrected chi connectivity index (χ4v) is 2.09. The van der Waals surface area contributed by atoms with Gasteiger partial charge in [-0.3, -0.25) is 4.98 Å². The molecule has 0 unspecified atom stereocenters. The van der Waals surface area contributed by atoms with Crippen LogP contribution in [0, 0.1) is 5.82 Å². The standard InChI is InChI=1S/C14H14ClFN2O2/c1-3-17-12-8-5-6-10(15)11(16)13(8)18-7-9(12)14(19)20-4-2/h5-7H,3-4H2,1-2H3,(H,17,18). The number of rotatable bonds is 4. The minimum atomic E-state index is -0.598. The van der Waals surface area contributed by atoms with Crippen LogP contribution in [0.4, 0.5) is 10.1 Å². The highest BCUT2D eigenvalue weighted by Crippen LogP contribution is 2.31. The van der Waals surface area contributed by atoms with E-state index in [4.69, 9.17) is 16.3 Å². The number of carbonyl (C=O) groups excluding carboxylic acids is 1. The topological polar surface area (TPSA) is 51.2 Å². The molecule has 0 saturated heterocycles. The summed E-state index contributed by atoms with van der Waals surface area (Å²) in [7, 11) is 0. The maximum Gasteiger partial charge on any atom is 0.341 e. The summed E-state index contributed by atoms with van der Waals surface area (Å²) in [6.45, 7) is 4.44. The van der Waals surface area contributed by atoms with Crippen LogP contribution in [0.1, 0.15) is 24.2 Å². The van der Waals surface area contributed by atoms with Gasteiger partial charge in [0.15, 0.2) is 5.82 Å². The molecule has 0 aliphatic heterocycles. The number of aromatic nitrogens is 1. The van der Waals surface area contributed by atoms with Gasteiger partial charge in [0.25, 0.3) is 0 Å². The molecular formula is C14H14ClFN2O2. The lowest BCUT2D eigenvalue weighted by Gasteiger charge is -2.13. The molecule has 1 heterocycles. The first-order chi connectivity index (χ1) is 9.60. The van der Waals surface area contributed by atoms with Crippen LogP contribution in [0.2, 0.25) is 5.02 Å². The number of halogens is 2. The number of pyridine rings is 1. The predicted molar refractivity (Wildman–Crippen MR) is 76.8 cm³/mol. The lowest BCUT2D eigenvalue weighted by Crippen LogP contribution is -2.11. The Morgan fingerprint density at radius 3 is 2.85 bits per heavy atom. The molecule has 1 aromatic carbocycles. The molecule has 0 fully saturated rings. The van der Waals surface area contributed by atoms with Crippen LogP contribution >= 0.6 is 11.6 Å². The van der Waals surface area contributed by atoms with E-state index in [2.05, 4.69) is 10.3 Å². The van der Waals surface area contributed by atoms with Crippen molar-refractivity contribution in [2.75, 3.05) is 18.5 Å². The van der Waals surface area contributed by atoms with Crippen LogP contribution in [-0.4, -0.2) is 24.1 Å². The van der Waals surface area contributed by atoms with E-state index in [0.717, 1.165) is 0 Å². The third-order valence-corrected chi connectivity index (χ3v) is 3.07. The first kappa shape index (κ1) is 14.5. The van der Waals surface area contributed by atoms with Gasteiger partial charge in [-0.05, 0) is 26.0 Å². The summed E-state index contributed by atoms with van der Waals surface area (Å²) >= 11 is 5.74. The maximum atomic E-state index is 14.0. The van der Waals surface area contributed by atoms with Crippen molar-refractivity contribution in [3.63, 3.8) is 0 Å². The van der Waals surface area contributed by atoms with Crippen molar-refractivity contribution in [1.29, 1.82) is 0 Å². The summed E-state index contributed by atoms with van der Waals surface area (Å²) in [5, 5.41) is 3.55. The van der Waals surface area contributed by atoms with Gasteiger partial charge in [0.2, 0.25) is 0 Å². The first-order valence-corrected chi connectivity index (χ1v) is 6.65. The van der Waals surface area contributed by atoms with Gasteiger partial charge >= 0.3 is 5.97 Å². The molecule has 6 heteroatoms. The predicted octanol–water partition coefficient (Wildman–Crippen LogP) is 3.64. The van der Waals surface area contributed by atoms with Gasteiger partial charge in [0.1, 0.15) is 11.1 Å². The van der Waals surface area contributed by atoms with E-state index in [1.807, 2.05) is 6.92 Å². The third-order valence-electron chi connectivity index (χ3n) is 2.78. The van der Waals surface area contributed by atoms with Crippen LogP contribution in [0.5, 0.6) is 0 Å². The summed E-state index contributed by atoms with van der Waals surface area (Å²) in [6.07, 6.45) is 1.30. The number of carbonyl (C=O) groups is 1. The number of nitrogens with one attached hydrogen (secondary N) is 1. The van der Waals surface area contributed by atoms with E-state index in [1.54, 1.807) is 13.0 Å². The molecule has 20 heavy (non-hydrogen) atoms. The molecule has 0 radical (unpaired) electrons. The van der Waals surface area contributed by atoms with Gasteiger partial charge in [-0.25, -0.2) is 9.18 Å². The monoisotopic (exact) mass is 296 g/mol. The number of hydrogen-bond donors (Lipinski definition) is 1. The molecular weight excluding hydrogens is 283 g/mol. The molecule has 1 aromatic heterocycles. The zero-order valence-electron chi connectivity index (χ0n) is 11.2. The minimum absolute atomic E-state index is 0.00340. The second-order valence-electron chi connectivity index (χ2n) is 4.06. The molecule has 0 spiro atoms. The molecule has 0 atom stereocenters. The maximum absolute atomic E-state index is 14.0. The van der Waals surface area contributed by atoms with E-state index < -0.39 is 11.8 Å². The Balaban J connectivity index is 2.69. The highest BCUT2D eigenvalue weighted by atomic mass is 35.5. The zero-order valence-corrected chi connectivity index (χ0v) is 11.9. The van der Waals surface area contributed by atoms with Crippen LogP contribution in [0.25, 0.3) is 10.9 Å². The Morgan fingerprint density at radius 2 is 2.20 bits per heavy atom. The van der Waals surface area contributed by atoms with Crippen molar-refractivity contribution in [3.8, 4) is 0 Å². The lowest BCUT2D eigenvalue weighted by molar-refractivity contribution is 0.0527. The van der Waals surface area contributed by atoms with Crippen LogP contribution in [0.3, 0.4) is 0 Å². The molecule has 106 valence electrons. The second-order valence-corrected chi connectivity index (χ2v) is 4.46. The van der Waals surface area contributed by atoms with E-state index in [0.29, 0.717) is 17.6 Å². The molecule has 0 bridgehead atoms. The highest BCUT2D eigenvalue weighted by Gasteiger charge is 2.18. The van der Waals surface area contributed by atoms with Gasteiger partial charge in [0.05, 0.1) is 17.3 Å².